The van der Waals surface area contributed by atoms with Crippen LogP contribution >= 0.6 is 11.3 Å². The number of nitro groups is 1. The van der Waals surface area contributed by atoms with Crippen molar-refractivity contribution in [1.82, 2.24) is 9.97 Å². The number of anilines is 1. The fourth-order valence-electron chi connectivity index (χ4n) is 2.14. The zero-order valence-electron chi connectivity index (χ0n) is 11.0. The summed E-state index contributed by atoms with van der Waals surface area (Å²) in [4.78, 5) is 19.7. The van der Waals surface area contributed by atoms with Crippen LogP contribution in [0.15, 0.2) is 30.6 Å². The van der Waals surface area contributed by atoms with Gasteiger partial charge in [0.05, 0.1) is 15.1 Å². The number of nitrogens with zero attached hydrogens (tertiary/aromatic N) is 3. The van der Waals surface area contributed by atoms with Gasteiger partial charge in [-0.1, -0.05) is 0 Å². The number of nitrogens with one attached hydrogen (secondary N) is 1. The first-order valence-electron chi connectivity index (χ1n) is 6.07. The monoisotopic (exact) mass is 301 g/mol. The van der Waals surface area contributed by atoms with Gasteiger partial charge in [0, 0.05) is 17.0 Å². The minimum absolute atomic E-state index is 0.0709. The smallest absolute Gasteiger partial charge is 0.269 e. The van der Waals surface area contributed by atoms with E-state index in [2.05, 4.69) is 15.4 Å². The average Bonchev–Trinajstić information content (AvgIpc) is 2.85. The molecule has 0 amide bonds. The SMILES string of the molecule is Cc1c(-c2ccc([N+](=O)[O-])cc2)sc2c(NN)ncnc12. The van der Waals surface area contributed by atoms with Crippen LogP contribution in [0.3, 0.4) is 0 Å². The second kappa shape index (κ2) is 5.08. The van der Waals surface area contributed by atoms with Gasteiger partial charge in [0.15, 0.2) is 5.82 Å². The van der Waals surface area contributed by atoms with Gasteiger partial charge in [-0.15, -0.1) is 11.3 Å². The fraction of sp³-hybridized carbons (Fsp3) is 0.0769. The summed E-state index contributed by atoms with van der Waals surface area (Å²) in [5.74, 6) is 6.03. The molecule has 0 radical (unpaired) electrons. The molecule has 0 aliphatic rings. The molecule has 8 heteroatoms. The van der Waals surface area contributed by atoms with Crippen LogP contribution in [-0.4, -0.2) is 14.9 Å². The molecule has 0 saturated heterocycles. The number of aryl methyl sites for hydroxylation is 1. The van der Waals surface area contributed by atoms with Crippen LogP contribution in [0.25, 0.3) is 20.7 Å². The van der Waals surface area contributed by atoms with Crippen LogP contribution in [0.2, 0.25) is 0 Å². The molecular formula is C13H11N5O2S. The molecule has 2 aromatic heterocycles. The van der Waals surface area contributed by atoms with Gasteiger partial charge >= 0.3 is 0 Å². The predicted molar refractivity (Wildman–Crippen MR) is 82.1 cm³/mol. The molecule has 3 rings (SSSR count). The number of hydrazine groups is 1. The molecule has 106 valence electrons. The number of fused-ring (bicyclic) bond motifs is 1. The average molecular weight is 301 g/mol. The van der Waals surface area contributed by atoms with Crippen molar-refractivity contribution in [3.8, 4) is 10.4 Å². The Kier molecular flexibility index (Phi) is 3.24. The largest absolute Gasteiger partial charge is 0.307 e. The van der Waals surface area contributed by atoms with Crippen LogP contribution < -0.4 is 11.3 Å². The summed E-state index contributed by atoms with van der Waals surface area (Å²) in [6, 6.07) is 6.46. The second-order valence-corrected chi connectivity index (χ2v) is 5.43. The lowest BCUT2D eigenvalue weighted by atomic mass is 10.1. The highest BCUT2D eigenvalue weighted by atomic mass is 32.1. The van der Waals surface area contributed by atoms with E-state index in [0.29, 0.717) is 5.82 Å². The Morgan fingerprint density at radius 1 is 1.29 bits per heavy atom. The number of nitrogen functional groups attached to an aromatic ring is 1. The van der Waals surface area contributed by atoms with Gasteiger partial charge in [0.25, 0.3) is 5.69 Å². The number of nitrogens with two attached hydrogens (primary N) is 1. The topological polar surface area (TPSA) is 107 Å². The summed E-state index contributed by atoms with van der Waals surface area (Å²) in [6.07, 6.45) is 1.46. The normalized spacial score (nSPS) is 10.8. The Bertz CT molecular complexity index is 828. The van der Waals surface area contributed by atoms with Crippen molar-refractivity contribution in [2.45, 2.75) is 6.92 Å². The minimum atomic E-state index is -0.413. The van der Waals surface area contributed by atoms with E-state index in [1.54, 1.807) is 12.1 Å². The van der Waals surface area contributed by atoms with Crippen molar-refractivity contribution in [2.24, 2.45) is 5.84 Å². The van der Waals surface area contributed by atoms with Crippen molar-refractivity contribution >= 4 is 33.1 Å². The fourth-order valence-corrected chi connectivity index (χ4v) is 3.36. The van der Waals surface area contributed by atoms with Crippen molar-refractivity contribution < 1.29 is 4.92 Å². The lowest BCUT2D eigenvalue weighted by molar-refractivity contribution is -0.384. The third-order valence-electron chi connectivity index (χ3n) is 3.18. The van der Waals surface area contributed by atoms with E-state index in [9.17, 15) is 10.1 Å². The van der Waals surface area contributed by atoms with E-state index in [1.165, 1.54) is 29.8 Å². The molecule has 0 aliphatic carbocycles. The van der Waals surface area contributed by atoms with Gasteiger partial charge < -0.3 is 5.43 Å². The van der Waals surface area contributed by atoms with Crippen molar-refractivity contribution in [1.29, 1.82) is 0 Å². The molecule has 0 aliphatic heterocycles. The quantitative estimate of drug-likeness (QED) is 0.437. The number of thiophene rings is 1. The van der Waals surface area contributed by atoms with Crippen molar-refractivity contribution in [3.05, 3.63) is 46.3 Å². The lowest BCUT2D eigenvalue weighted by Gasteiger charge is -1.99. The molecule has 0 saturated carbocycles. The number of non-ortho nitro benzene ring substituents is 1. The second-order valence-electron chi connectivity index (χ2n) is 4.40. The van der Waals surface area contributed by atoms with Crippen LogP contribution in [-0.2, 0) is 0 Å². The Morgan fingerprint density at radius 2 is 2.00 bits per heavy atom. The number of benzene rings is 1. The number of rotatable bonds is 3. The zero-order chi connectivity index (χ0) is 15.0. The standard InChI is InChI=1S/C13H11N5O2S/c1-7-10-12(13(17-14)16-6-15-10)21-11(7)8-2-4-9(5-3-8)18(19)20/h2-6H,14H2,1H3,(H,15,16,17). The van der Waals surface area contributed by atoms with E-state index >= 15 is 0 Å². The molecular weight excluding hydrogens is 290 g/mol. The Morgan fingerprint density at radius 3 is 2.62 bits per heavy atom. The summed E-state index contributed by atoms with van der Waals surface area (Å²) >= 11 is 1.51. The molecule has 0 fully saturated rings. The highest BCUT2D eigenvalue weighted by molar-refractivity contribution is 7.23. The zero-order valence-corrected chi connectivity index (χ0v) is 11.8. The molecule has 0 spiro atoms. The van der Waals surface area contributed by atoms with Crippen molar-refractivity contribution in [3.63, 3.8) is 0 Å². The highest BCUT2D eigenvalue weighted by Gasteiger charge is 2.15. The number of nitro benzene ring substituents is 1. The maximum absolute atomic E-state index is 10.7. The summed E-state index contributed by atoms with van der Waals surface area (Å²) in [7, 11) is 0. The molecule has 0 atom stereocenters. The molecule has 0 unspecified atom stereocenters. The van der Waals surface area contributed by atoms with Crippen LogP contribution in [0.1, 0.15) is 5.56 Å². The highest BCUT2D eigenvalue weighted by Crippen LogP contribution is 2.39. The summed E-state index contributed by atoms with van der Waals surface area (Å²) < 4.78 is 0.867. The van der Waals surface area contributed by atoms with Gasteiger partial charge in [0.2, 0.25) is 0 Å². The lowest BCUT2D eigenvalue weighted by Crippen LogP contribution is -2.08. The molecule has 3 aromatic rings. The molecule has 0 bridgehead atoms. The third kappa shape index (κ3) is 2.20. The van der Waals surface area contributed by atoms with Gasteiger partial charge in [-0.25, -0.2) is 15.8 Å². The van der Waals surface area contributed by atoms with Gasteiger partial charge in [0.1, 0.15) is 6.33 Å². The Balaban J connectivity index is 2.16. The van der Waals surface area contributed by atoms with E-state index in [0.717, 1.165) is 26.2 Å². The third-order valence-corrected chi connectivity index (χ3v) is 4.52. The summed E-state index contributed by atoms with van der Waals surface area (Å²) in [6.45, 7) is 1.96. The molecule has 7 nitrogen and oxygen atoms in total. The first-order valence-corrected chi connectivity index (χ1v) is 6.89. The summed E-state index contributed by atoms with van der Waals surface area (Å²) in [5.41, 5.74) is 5.37. The number of aromatic nitrogens is 2. The number of hydrogen-bond donors (Lipinski definition) is 2. The van der Waals surface area contributed by atoms with E-state index < -0.39 is 4.92 Å². The van der Waals surface area contributed by atoms with Gasteiger partial charge in [-0.05, 0) is 30.2 Å². The van der Waals surface area contributed by atoms with Crippen LogP contribution in [0, 0.1) is 17.0 Å². The molecule has 3 N–H and O–H groups in total. The molecule has 1 aromatic carbocycles. The maximum Gasteiger partial charge on any atom is 0.269 e. The summed E-state index contributed by atoms with van der Waals surface area (Å²) in [5, 5.41) is 10.7. The van der Waals surface area contributed by atoms with E-state index in [1.807, 2.05) is 6.92 Å². The first kappa shape index (κ1) is 13.4. The van der Waals surface area contributed by atoms with Gasteiger partial charge in [-0.2, -0.15) is 0 Å². The van der Waals surface area contributed by atoms with Crippen LogP contribution in [0.5, 0.6) is 0 Å². The number of hydrogen-bond acceptors (Lipinski definition) is 7. The minimum Gasteiger partial charge on any atom is -0.307 e. The van der Waals surface area contributed by atoms with Crippen molar-refractivity contribution in [2.75, 3.05) is 5.43 Å². The first-order chi connectivity index (χ1) is 10.1. The Hall–Kier alpha value is -2.58. The molecule has 21 heavy (non-hydrogen) atoms. The van der Waals surface area contributed by atoms with E-state index in [-0.39, 0.29) is 5.69 Å². The van der Waals surface area contributed by atoms with Crippen LogP contribution in [0.4, 0.5) is 11.5 Å². The van der Waals surface area contributed by atoms with Gasteiger partial charge in [-0.3, -0.25) is 10.1 Å². The van der Waals surface area contributed by atoms with E-state index in [4.69, 9.17) is 5.84 Å². The molecule has 2 heterocycles. The Labute approximate surface area is 123 Å². The maximum atomic E-state index is 10.7. The predicted octanol–water partition coefficient (Wildman–Crippen LogP) is 2.86.